The SMILES string of the molecule is CC(C)(C)OC(=O)N1CC2CC1CN2c1nc(CC(N)=O)c2ccccc2n1. The van der Waals surface area contributed by atoms with Gasteiger partial charge in [0.15, 0.2) is 0 Å². The van der Waals surface area contributed by atoms with E-state index in [4.69, 9.17) is 15.5 Å². The first-order valence-corrected chi connectivity index (χ1v) is 9.51. The third-order valence-electron chi connectivity index (χ3n) is 5.14. The molecule has 8 nitrogen and oxygen atoms in total. The lowest BCUT2D eigenvalue weighted by molar-refractivity contribution is -0.117. The van der Waals surface area contributed by atoms with Gasteiger partial charge >= 0.3 is 6.09 Å². The lowest BCUT2D eigenvalue weighted by Gasteiger charge is -2.35. The minimum atomic E-state index is -0.510. The van der Waals surface area contributed by atoms with Gasteiger partial charge < -0.3 is 20.3 Å². The quantitative estimate of drug-likeness (QED) is 0.868. The summed E-state index contributed by atoms with van der Waals surface area (Å²) in [6.07, 6.45) is 0.663. The first-order valence-electron chi connectivity index (χ1n) is 9.51. The highest BCUT2D eigenvalue weighted by Crippen LogP contribution is 2.34. The van der Waals surface area contributed by atoms with Gasteiger partial charge in [-0.25, -0.2) is 14.8 Å². The molecule has 2 bridgehead atoms. The second kappa shape index (κ2) is 6.61. The fourth-order valence-electron chi connectivity index (χ4n) is 4.01. The van der Waals surface area contributed by atoms with Crippen LogP contribution in [0.2, 0.25) is 0 Å². The molecule has 2 aliphatic rings. The summed E-state index contributed by atoms with van der Waals surface area (Å²) in [7, 11) is 0. The number of nitrogens with zero attached hydrogens (tertiary/aromatic N) is 4. The molecule has 2 unspecified atom stereocenters. The van der Waals surface area contributed by atoms with Crippen LogP contribution in [0.15, 0.2) is 24.3 Å². The summed E-state index contributed by atoms with van der Waals surface area (Å²) in [5, 5.41) is 0.838. The molecule has 148 valence electrons. The van der Waals surface area contributed by atoms with Crippen molar-refractivity contribution < 1.29 is 14.3 Å². The van der Waals surface area contributed by atoms with Crippen molar-refractivity contribution in [2.24, 2.45) is 5.73 Å². The van der Waals surface area contributed by atoms with E-state index in [2.05, 4.69) is 9.88 Å². The number of aromatic nitrogens is 2. The van der Waals surface area contributed by atoms with Crippen molar-refractivity contribution in [3.05, 3.63) is 30.0 Å². The zero-order chi connectivity index (χ0) is 20.1. The number of fused-ring (bicyclic) bond motifs is 3. The van der Waals surface area contributed by atoms with Crippen molar-refractivity contribution >= 4 is 28.9 Å². The summed E-state index contributed by atoms with van der Waals surface area (Å²) >= 11 is 0. The van der Waals surface area contributed by atoms with Crippen LogP contribution in [0.1, 0.15) is 32.9 Å². The molecule has 8 heteroatoms. The van der Waals surface area contributed by atoms with Gasteiger partial charge in [-0.05, 0) is 33.3 Å². The summed E-state index contributed by atoms with van der Waals surface area (Å²) in [6.45, 7) is 6.84. The Balaban J connectivity index is 1.58. The predicted octanol–water partition coefficient (Wildman–Crippen LogP) is 1.86. The molecule has 0 aliphatic carbocycles. The number of carbonyl (C=O) groups is 2. The average molecular weight is 383 g/mol. The molecule has 2 aromatic rings. The van der Waals surface area contributed by atoms with Crippen LogP contribution in [0.5, 0.6) is 0 Å². The van der Waals surface area contributed by atoms with Gasteiger partial charge in [-0.15, -0.1) is 0 Å². The summed E-state index contributed by atoms with van der Waals surface area (Å²) in [5.41, 5.74) is 6.33. The van der Waals surface area contributed by atoms with Crippen LogP contribution in [0.4, 0.5) is 10.7 Å². The molecule has 1 aromatic heterocycles. The van der Waals surface area contributed by atoms with Crippen LogP contribution >= 0.6 is 0 Å². The molecule has 2 atom stereocenters. The molecule has 0 spiro atoms. The Kier molecular flexibility index (Phi) is 4.36. The van der Waals surface area contributed by atoms with E-state index in [0.29, 0.717) is 24.7 Å². The number of amides is 2. The molecule has 3 heterocycles. The highest BCUT2D eigenvalue weighted by Gasteiger charge is 2.47. The van der Waals surface area contributed by atoms with Gasteiger partial charge in [0.05, 0.1) is 29.7 Å². The smallest absolute Gasteiger partial charge is 0.410 e. The molecular weight excluding hydrogens is 358 g/mol. The Morgan fingerprint density at radius 1 is 1.18 bits per heavy atom. The molecule has 1 aromatic carbocycles. The van der Waals surface area contributed by atoms with Crippen LogP contribution in [0.3, 0.4) is 0 Å². The molecule has 2 saturated heterocycles. The second-order valence-corrected chi connectivity index (χ2v) is 8.46. The second-order valence-electron chi connectivity index (χ2n) is 8.46. The number of piperazine rings is 1. The van der Waals surface area contributed by atoms with Gasteiger partial charge in [-0.2, -0.15) is 0 Å². The largest absolute Gasteiger partial charge is 0.444 e. The fraction of sp³-hybridized carbons (Fsp3) is 0.500. The zero-order valence-electron chi connectivity index (χ0n) is 16.4. The molecule has 28 heavy (non-hydrogen) atoms. The summed E-state index contributed by atoms with van der Waals surface area (Å²) < 4.78 is 5.52. The summed E-state index contributed by atoms with van der Waals surface area (Å²) in [4.78, 5) is 37.2. The van der Waals surface area contributed by atoms with Crippen molar-refractivity contribution in [1.29, 1.82) is 0 Å². The molecule has 4 rings (SSSR count). The molecule has 0 saturated carbocycles. The van der Waals surface area contributed by atoms with E-state index < -0.39 is 11.5 Å². The first-order chi connectivity index (χ1) is 13.2. The number of anilines is 1. The minimum absolute atomic E-state index is 0.0714. The Labute approximate surface area is 163 Å². The molecule has 2 aliphatic heterocycles. The fourth-order valence-corrected chi connectivity index (χ4v) is 4.01. The maximum Gasteiger partial charge on any atom is 0.410 e. The lowest BCUT2D eigenvalue weighted by Crippen LogP contribution is -2.50. The number of hydrogen-bond donors (Lipinski definition) is 1. The highest BCUT2D eigenvalue weighted by molar-refractivity contribution is 5.87. The predicted molar refractivity (Wildman–Crippen MR) is 105 cm³/mol. The average Bonchev–Trinajstić information content (AvgIpc) is 3.20. The molecule has 2 N–H and O–H groups in total. The minimum Gasteiger partial charge on any atom is -0.444 e. The number of likely N-dealkylation sites (tertiary alicyclic amines) is 1. The van der Waals surface area contributed by atoms with Gasteiger partial charge in [0.1, 0.15) is 5.60 Å². The maximum absolute atomic E-state index is 12.4. The highest BCUT2D eigenvalue weighted by atomic mass is 16.6. The number of carbonyl (C=O) groups excluding carboxylic acids is 2. The normalized spacial score (nSPS) is 21.4. The summed E-state index contributed by atoms with van der Waals surface area (Å²) in [5.74, 6) is 0.167. The zero-order valence-corrected chi connectivity index (χ0v) is 16.4. The van der Waals surface area contributed by atoms with Gasteiger partial charge in [-0.3, -0.25) is 4.79 Å². The molecule has 0 radical (unpaired) electrons. The molecule has 2 amide bonds. The van der Waals surface area contributed by atoms with E-state index in [1.165, 1.54) is 0 Å². The lowest BCUT2D eigenvalue weighted by atomic mass is 10.1. The van der Waals surface area contributed by atoms with Crippen LogP contribution in [-0.4, -0.2) is 57.6 Å². The van der Waals surface area contributed by atoms with E-state index in [0.717, 1.165) is 17.3 Å². The number of primary amides is 1. The van der Waals surface area contributed by atoms with Gasteiger partial charge in [0, 0.05) is 18.5 Å². The number of benzene rings is 1. The van der Waals surface area contributed by atoms with Crippen molar-refractivity contribution in [3.63, 3.8) is 0 Å². The van der Waals surface area contributed by atoms with Crippen LogP contribution < -0.4 is 10.6 Å². The van der Waals surface area contributed by atoms with Crippen LogP contribution in [0.25, 0.3) is 10.9 Å². The topological polar surface area (TPSA) is 102 Å². The van der Waals surface area contributed by atoms with Crippen molar-refractivity contribution in [2.75, 3.05) is 18.0 Å². The Morgan fingerprint density at radius 2 is 1.93 bits per heavy atom. The van der Waals surface area contributed by atoms with Gasteiger partial charge in [0.25, 0.3) is 0 Å². The summed E-state index contributed by atoms with van der Waals surface area (Å²) in [6, 6.07) is 7.83. The Bertz CT molecular complexity index is 939. The number of para-hydroxylation sites is 1. The van der Waals surface area contributed by atoms with E-state index in [1.807, 2.05) is 45.0 Å². The number of rotatable bonds is 3. The molecule has 2 fully saturated rings. The van der Waals surface area contributed by atoms with Crippen LogP contribution in [-0.2, 0) is 16.0 Å². The van der Waals surface area contributed by atoms with Crippen molar-refractivity contribution in [1.82, 2.24) is 14.9 Å². The van der Waals surface area contributed by atoms with Gasteiger partial charge in [-0.1, -0.05) is 18.2 Å². The third-order valence-corrected chi connectivity index (χ3v) is 5.14. The Morgan fingerprint density at radius 3 is 2.57 bits per heavy atom. The number of nitrogens with two attached hydrogens (primary N) is 1. The molecular formula is C20H25N5O3. The standard InChI is InChI=1S/C20H25N5O3/c1-20(2,3)28-19(27)25-11-12-8-13(25)10-24(12)18-22-15-7-5-4-6-14(15)16(23-18)9-17(21)26/h4-7,12-13H,8-11H2,1-3H3,(H2,21,26). The van der Waals surface area contributed by atoms with E-state index in [-0.39, 0.29) is 24.6 Å². The monoisotopic (exact) mass is 383 g/mol. The number of ether oxygens (including phenoxy) is 1. The van der Waals surface area contributed by atoms with Crippen molar-refractivity contribution in [2.45, 2.75) is 51.3 Å². The maximum atomic E-state index is 12.4. The third kappa shape index (κ3) is 3.46. The number of hydrogen-bond acceptors (Lipinski definition) is 6. The van der Waals surface area contributed by atoms with E-state index in [9.17, 15) is 9.59 Å². The van der Waals surface area contributed by atoms with E-state index in [1.54, 1.807) is 4.90 Å². The van der Waals surface area contributed by atoms with Crippen LogP contribution in [0, 0.1) is 0 Å². The van der Waals surface area contributed by atoms with Gasteiger partial charge in [0.2, 0.25) is 11.9 Å². The first kappa shape index (κ1) is 18.5. The Hall–Kier alpha value is -2.90. The van der Waals surface area contributed by atoms with Crippen molar-refractivity contribution in [3.8, 4) is 0 Å². The van der Waals surface area contributed by atoms with E-state index >= 15 is 0 Å².